The Morgan fingerprint density at radius 2 is 1.84 bits per heavy atom. The molecule has 5 heteroatoms. The largest absolute Gasteiger partial charge is 0.459 e. The first-order valence-corrected chi connectivity index (χ1v) is 8.47. The highest BCUT2D eigenvalue weighted by Gasteiger charge is 2.21. The standard InChI is InChI=1S/C20H30N2O3/c1-16-8-7-9-17(14-16)10-11-18(23)22(13-12-21(5)6)15-19(24)25-20(2,3)4/h7-11,14H,12-13,15H2,1-6H3/b11-10+. The van der Waals surface area contributed by atoms with Crippen molar-refractivity contribution in [3.8, 4) is 0 Å². The number of esters is 1. The van der Waals surface area contributed by atoms with E-state index in [1.807, 2.05) is 71.0 Å². The molecule has 0 spiro atoms. The lowest BCUT2D eigenvalue weighted by Crippen LogP contribution is -2.41. The molecule has 0 heterocycles. The molecule has 0 aliphatic carbocycles. The van der Waals surface area contributed by atoms with Gasteiger partial charge < -0.3 is 14.5 Å². The van der Waals surface area contributed by atoms with E-state index in [-0.39, 0.29) is 12.5 Å². The maximum atomic E-state index is 12.5. The van der Waals surface area contributed by atoms with E-state index in [4.69, 9.17) is 4.74 Å². The predicted octanol–water partition coefficient (Wildman–Crippen LogP) is 2.74. The summed E-state index contributed by atoms with van der Waals surface area (Å²) in [5.41, 5.74) is 1.52. The summed E-state index contributed by atoms with van der Waals surface area (Å²) in [6.07, 6.45) is 3.28. The molecule has 0 radical (unpaired) electrons. The molecule has 0 aromatic heterocycles. The molecule has 0 bridgehead atoms. The average molecular weight is 346 g/mol. The summed E-state index contributed by atoms with van der Waals surface area (Å²) in [5.74, 6) is -0.599. The van der Waals surface area contributed by atoms with Gasteiger partial charge in [0, 0.05) is 19.2 Å². The summed E-state index contributed by atoms with van der Waals surface area (Å²) in [7, 11) is 3.86. The van der Waals surface area contributed by atoms with Crippen molar-refractivity contribution in [2.24, 2.45) is 0 Å². The van der Waals surface area contributed by atoms with Crippen LogP contribution in [0.5, 0.6) is 0 Å². The van der Waals surface area contributed by atoms with Crippen LogP contribution < -0.4 is 0 Å². The topological polar surface area (TPSA) is 49.9 Å². The van der Waals surface area contributed by atoms with Crippen LogP contribution in [0.4, 0.5) is 0 Å². The van der Waals surface area contributed by atoms with Gasteiger partial charge in [-0.2, -0.15) is 0 Å². The normalized spacial score (nSPS) is 11.8. The molecule has 0 aliphatic rings. The minimum Gasteiger partial charge on any atom is -0.459 e. The average Bonchev–Trinajstić information content (AvgIpc) is 2.47. The number of ether oxygens (including phenoxy) is 1. The quantitative estimate of drug-likeness (QED) is 0.563. The zero-order valence-corrected chi connectivity index (χ0v) is 16.2. The summed E-state index contributed by atoms with van der Waals surface area (Å²) in [4.78, 5) is 28.1. The number of benzene rings is 1. The van der Waals surface area contributed by atoms with Crippen molar-refractivity contribution in [3.05, 3.63) is 41.5 Å². The van der Waals surface area contributed by atoms with Gasteiger partial charge in [-0.25, -0.2) is 0 Å². The number of likely N-dealkylation sites (N-methyl/N-ethyl adjacent to an activating group) is 1. The Hall–Kier alpha value is -2.14. The Morgan fingerprint density at radius 1 is 1.16 bits per heavy atom. The summed E-state index contributed by atoms with van der Waals surface area (Å²) >= 11 is 0. The van der Waals surface area contributed by atoms with Gasteiger partial charge in [0.15, 0.2) is 0 Å². The fourth-order valence-corrected chi connectivity index (χ4v) is 2.16. The fourth-order valence-electron chi connectivity index (χ4n) is 2.16. The Balaban J connectivity index is 2.79. The lowest BCUT2D eigenvalue weighted by molar-refractivity contribution is -0.158. The number of hydrogen-bond acceptors (Lipinski definition) is 4. The third-order valence-electron chi connectivity index (χ3n) is 3.33. The molecule has 1 rings (SSSR count). The number of hydrogen-bond donors (Lipinski definition) is 0. The molecule has 0 fully saturated rings. The molecule has 0 N–H and O–H groups in total. The monoisotopic (exact) mass is 346 g/mol. The zero-order chi connectivity index (χ0) is 19.0. The van der Waals surface area contributed by atoms with Crippen molar-refractivity contribution >= 4 is 18.0 Å². The molecule has 0 aliphatic heterocycles. The first-order chi connectivity index (χ1) is 11.6. The molecule has 1 aromatic carbocycles. The second-order valence-corrected chi connectivity index (χ2v) is 7.40. The molecule has 138 valence electrons. The summed E-state index contributed by atoms with van der Waals surface area (Å²) in [5, 5.41) is 0. The molecular formula is C20H30N2O3. The van der Waals surface area contributed by atoms with Crippen LogP contribution in [0, 0.1) is 6.92 Å². The van der Waals surface area contributed by atoms with E-state index in [1.54, 1.807) is 6.08 Å². The van der Waals surface area contributed by atoms with Crippen LogP contribution >= 0.6 is 0 Å². The van der Waals surface area contributed by atoms with Gasteiger partial charge in [-0.05, 0) is 53.4 Å². The van der Waals surface area contributed by atoms with Crippen LogP contribution in [-0.4, -0.2) is 61.0 Å². The van der Waals surface area contributed by atoms with E-state index in [0.717, 1.165) is 11.1 Å². The highest BCUT2D eigenvalue weighted by Crippen LogP contribution is 2.09. The smallest absolute Gasteiger partial charge is 0.326 e. The highest BCUT2D eigenvalue weighted by atomic mass is 16.6. The van der Waals surface area contributed by atoms with Crippen LogP contribution in [0.1, 0.15) is 31.9 Å². The SMILES string of the molecule is Cc1cccc(/C=C/C(=O)N(CCN(C)C)CC(=O)OC(C)(C)C)c1. The molecule has 25 heavy (non-hydrogen) atoms. The van der Waals surface area contributed by atoms with Gasteiger partial charge in [0.25, 0.3) is 0 Å². The third-order valence-corrected chi connectivity index (χ3v) is 3.33. The first-order valence-electron chi connectivity index (χ1n) is 8.47. The van der Waals surface area contributed by atoms with Crippen molar-refractivity contribution in [1.29, 1.82) is 0 Å². The van der Waals surface area contributed by atoms with Crippen molar-refractivity contribution in [3.63, 3.8) is 0 Å². The third kappa shape index (κ3) is 9.05. The van der Waals surface area contributed by atoms with Crippen molar-refractivity contribution in [2.45, 2.75) is 33.3 Å². The van der Waals surface area contributed by atoms with Crippen LogP contribution in [0.2, 0.25) is 0 Å². The van der Waals surface area contributed by atoms with E-state index in [2.05, 4.69) is 0 Å². The number of rotatable bonds is 7. The molecule has 0 atom stereocenters. The van der Waals surface area contributed by atoms with Crippen molar-refractivity contribution < 1.29 is 14.3 Å². The minimum atomic E-state index is -0.565. The van der Waals surface area contributed by atoms with Gasteiger partial charge in [0.2, 0.25) is 5.91 Å². The van der Waals surface area contributed by atoms with Gasteiger partial charge in [0.1, 0.15) is 12.1 Å². The zero-order valence-electron chi connectivity index (χ0n) is 16.2. The Morgan fingerprint density at radius 3 is 2.40 bits per heavy atom. The molecular weight excluding hydrogens is 316 g/mol. The van der Waals surface area contributed by atoms with Crippen molar-refractivity contribution in [2.75, 3.05) is 33.7 Å². The lowest BCUT2D eigenvalue weighted by atomic mass is 10.1. The number of aryl methyl sites for hydroxylation is 1. The molecule has 1 amide bonds. The van der Waals surface area contributed by atoms with Gasteiger partial charge >= 0.3 is 5.97 Å². The summed E-state index contributed by atoms with van der Waals surface area (Å²) in [6, 6.07) is 7.89. The number of nitrogens with zero attached hydrogens (tertiary/aromatic N) is 2. The van der Waals surface area contributed by atoms with Crippen LogP contribution in [-0.2, 0) is 14.3 Å². The Kier molecular flexibility index (Phi) is 7.84. The maximum Gasteiger partial charge on any atom is 0.326 e. The van der Waals surface area contributed by atoms with Gasteiger partial charge in [-0.1, -0.05) is 29.8 Å². The summed E-state index contributed by atoms with van der Waals surface area (Å²) in [6.45, 7) is 8.53. The molecule has 0 saturated carbocycles. The van der Waals surface area contributed by atoms with Gasteiger partial charge in [-0.15, -0.1) is 0 Å². The number of carbonyl (C=O) groups excluding carboxylic acids is 2. The molecule has 0 saturated heterocycles. The van der Waals surface area contributed by atoms with Gasteiger partial charge in [0.05, 0.1) is 0 Å². The minimum absolute atomic E-state index is 0.0535. The van der Waals surface area contributed by atoms with E-state index in [9.17, 15) is 9.59 Å². The van der Waals surface area contributed by atoms with E-state index in [0.29, 0.717) is 13.1 Å². The predicted molar refractivity (Wildman–Crippen MR) is 101 cm³/mol. The van der Waals surface area contributed by atoms with Crippen molar-refractivity contribution in [1.82, 2.24) is 9.80 Å². The second kappa shape index (κ2) is 9.37. The molecule has 5 nitrogen and oxygen atoms in total. The van der Waals surface area contributed by atoms with Crippen LogP contribution in [0.3, 0.4) is 0 Å². The van der Waals surface area contributed by atoms with E-state index < -0.39 is 11.6 Å². The van der Waals surface area contributed by atoms with E-state index >= 15 is 0 Å². The fraction of sp³-hybridized carbons (Fsp3) is 0.500. The lowest BCUT2D eigenvalue weighted by Gasteiger charge is -2.25. The van der Waals surface area contributed by atoms with E-state index in [1.165, 1.54) is 11.0 Å². The first kappa shape index (κ1) is 20.9. The Labute approximate surface area is 151 Å². The molecule has 0 unspecified atom stereocenters. The second-order valence-electron chi connectivity index (χ2n) is 7.40. The molecule has 1 aromatic rings. The Bertz CT molecular complexity index is 616. The highest BCUT2D eigenvalue weighted by molar-refractivity contribution is 5.93. The van der Waals surface area contributed by atoms with Crippen LogP contribution in [0.15, 0.2) is 30.3 Å². The number of amides is 1. The van der Waals surface area contributed by atoms with Crippen LogP contribution in [0.25, 0.3) is 6.08 Å². The number of carbonyl (C=O) groups is 2. The van der Waals surface area contributed by atoms with Gasteiger partial charge in [-0.3, -0.25) is 9.59 Å². The summed E-state index contributed by atoms with van der Waals surface area (Å²) < 4.78 is 5.33. The maximum absolute atomic E-state index is 12.5.